The number of nitrogens with zero attached hydrogens (tertiary/aromatic N) is 4. The van der Waals surface area contributed by atoms with Crippen LogP contribution in [0.5, 0.6) is 0 Å². The molecule has 5 aromatic rings. The van der Waals surface area contributed by atoms with Crippen LogP contribution >= 0.6 is 0 Å². The lowest BCUT2D eigenvalue weighted by atomic mass is 9.90. The first kappa shape index (κ1) is 22.8. The number of carbonyl (C=O) groups is 1. The highest BCUT2D eigenvalue weighted by molar-refractivity contribution is 6.13. The summed E-state index contributed by atoms with van der Waals surface area (Å²) in [6, 6.07) is 21.4. The molecule has 0 fully saturated rings. The zero-order chi connectivity index (χ0) is 25.5. The second-order valence-electron chi connectivity index (χ2n) is 9.28. The molecule has 0 radical (unpaired) electrons. The van der Waals surface area contributed by atoms with E-state index in [0.717, 1.165) is 44.2 Å². The van der Waals surface area contributed by atoms with Gasteiger partial charge in [0.25, 0.3) is 5.56 Å². The Bertz CT molecular complexity index is 1760. The van der Waals surface area contributed by atoms with E-state index in [1.165, 1.54) is 5.01 Å². The lowest BCUT2D eigenvalue weighted by molar-refractivity contribution is -0.132. The smallest absolute Gasteiger partial charge is 0.258 e. The summed E-state index contributed by atoms with van der Waals surface area (Å²) in [6.45, 7) is 3.85. The number of H-pyrrole nitrogens is 1. The van der Waals surface area contributed by atoms with E-state index in [0.29, 0.717) is 24.1 Å². The molecule has 37 heavy (non-hydrogen) atoms. The minimum absolute atomic E-state index is 0.103. The molecule has 1 atom stereocenters. The molecule has 0 spiro atoms. The molecule has 7 nitrogen and oxygen atoms in total. The third-order valence-electron chi connectivity index (χ3n) is 6.87. The lowest BCUT2D eigenvalue weighted by Gasteiger charge is -2.21. The number of rotatable bonds is 4. The van der Waals surface area contributed by atoms with Gasteiger partial charge >= 0.3 is 0 Å². The van der Waals surface area contributed by atoms with Gasteiger partial charge in [-0.2, -0.15) is 5.10 Å². The van der Waals surface area contributed by atoms with Gasteiger partial charge in [-0.3, -0.25) is 19.6 Å². The number of nitrogens with one attached hydrogen (secondary N) is 1. The number of amides is 1. The molecule has 1 unspecified atom stereocenters. The average Bonchev–Trinajstić information content (AvgIpc) is 3.37. The molecule has 2 aromatic heterocycles. The molecule has 182 valence electrons. The van der Waals surface area contributed by atoms with Gasteiger partial charge in [0, 0.05) is 41.7 Å². The van der Waals surface area contributed by atoms with Crippen LogP contribution in [-0.4, -0.2) is 31.6 Å². The van der Waals surface area contributed by atoms with Crippen LogP contribution in [0.4, 0.5) is 0 Å². The van der Waals surface area contributed by atoms with Crippen molar-refractivity contribution < 1.29 is 4.79 Å². The summed E-state index contributed by atoms with van der Waals surface area (Å²) in [4.78, 5) is 38.5. The van der Waals surface area contributed by atoms with Gasteiger partial charge in [-0.1, -0.05) is 55.0 Å². The monoisotopic (exact) mass is 487 g/mol. The first-order valence-corrected chi connectivity index (χ1v) is 12.4. The van der Waals surface area contributed by atoms with Gasteiger partial charge in [0.05, 0.1) is 28.4 Å². The van der Waals surface area contributed by atoms with Gasteiger partial charge in [-0.25, -0.2) is 5.01 Å². The minimum atomic E-state index is -0.343. The van der Waals surface area contributed by atoms with Gasteiger partial charge in [-0.05, 0) is 42.3 Å². The zero-order valence-corrected chi connectivity index (χ0v) is 20.6. The van der Waals surface area contributed by atoms with Crippen molar-refractivity contribution in [2.24, 2.45) is 5.10 Å². The fourth-order valence-corrected chi connectivity index (χ4v) is 5.09. The van der Waals surface area contributed by atoms with Crippen LogP contribution in [0.3, 0.4) is 0 Å². The van der Waals surface area contributed by atoms with E-state index >= 15 is 0 Å². The predicted octanol–water partition coefficient (Wildman–Crippen LogP) is 5.53. The molecule has 0 saturated heterocycles. The Kier molecular flexibility index (Phi) is 5.60. The van der Waals surface area contributed by atoms with Crippen LogP contribution in [0.15, 0.2) is 89.0 Å². The number of aromatic amines is 1. The second-order valence-corrected chi connectivity index (χ2v) is 9.28. The SMILES string of the molecule is CCC(=O)N1N=C(c2c(-c3ccccc3)c3cc(C)ccc3[nH]c2=O)CC1c1ccc2nccnc2c1. The highest BCUT2D eigenvalue weighted by Gasteiger charge is 2.35. The molecule has 0 bridgehead atoms. The first-order chi connectivity index (χ1) is 18.0. The highest BCUT2D eigenvalue weighted by atomic mass is 16.2. The zero-order valence-electron chi connectivity index (χ0n) is 20.6. The van der Waals surface area contributed by atoms with Crippen molar-refractivity contribution in [1.29, 1.82) is 0 Å². The molecule has 7 heteroatoms. The number of hydrogen-bond acceptors (Lipinski definition) is 5. The molecule has 0 saturated carbocycles. The van der Waals surface area contributed by atoms with E-state index in [1.807, 2.05) is 74.5 Å². The molecule has 1 amide bonds. The number of fused-ring (bicyclic) bond motifs is 2. The number of hydrazone groups is 1. The van der Waals surface area contributed by atoms with Gasteiger partial charge in [0.15, 0.2) is 0 Å². The lowest BCUT2D eigenvalue weighted by Crippen LogP contribution is -2.26. The standard InChI is InChI=1S/C30H25N5O2/c1-3-27(36)35-26(20-10-12-23-24(16-20)32-14-13-31-23)17-25(34-35)29-28(19-7-5-4-6-8-19)21-15-18(2)9-11-22(21)33-30(29)37/h4-16,26H,3,17H2,1-2H3,(H,33,37). The molecule has 0 aliphatic carbocycles. The normalized spacial score (nSPS) is 15.4. The maximum Gasteiger partial charge on any atom is 0.258 e. The van der Waals surface area contributed by atoms with Crippen molar-refractivity contribution in [3.8, 4) is 11.1 Å². The maximum atomic E-state index is 13.6. The number of aromatic nitrogens is 3. The first-order valence-electron chi connectivity index (χ1n) is 12.4. The van der Waals surface area contributed by atoms with E-state index in [4.69, 9.17) is 5.10 Å². The van der Waals surface area contributed by atoms with Gasteiger partial charge in [0.1, 0.15) is 0 Å². The van der Waals surface area contributed by atoms with Crippen molar-refractivity contribution in [1.82, 2.24) is 20.0 Å². The molecular formula is C30H25N5O2. The molecule has 1 aliphatic heterocycles. The predicted molar refractivity (Wildman–Crippen MR) is 145 cm³/mol. The summed E-state index contributed by atoms with van der Waals surface area (Å²) in [5, 5.41) is 7.26. The van der Waals surface area contributed by atoms with Crippen LogP contribution in [0, 0.1) is 6.92 Å². The summed E-state index contributed by atoms with van der Waals surface area (Å²) in [5.41, 5.74) is 6.93. The Balaban J connectivity index is 1.55. The molecule has 3 aromatic carbocycles. The Morgan fingerprint density at radius 3 is 2.54 bits per heavy atom. The Morgan fingerprint density at radius 2 is 1.76 bits per heavy atom. The molecular weight excluding hydrogens is 462 g/mol. The van der Waals surface area contributed by atoms with Gasteiger partial charge in [0.2, 0.25) is 5.91 Å². The van der Waals surface area contributed by atoms with E-state index in [-0.39, 0.29) is 17.5 Å². The molecule has 1 N–H and O–H groups in total. The van der Waals surface area contributed by atoms with Crippen molar-refractivity contribution in [3.05, 3.63) is 106 Å². The Labute approximate surface area is 213 Å². The largest absolute Gasteiger partial charge is 0.321 e. The van der Waals surface area contributed by atoms with Crippen LogP contribution in [0.25, 0.3) is 33.1 Å². The van der Waals surface area contributed by atoms with Crippen molar-refractivity contribution in [3.63, 3.8) is 0 Å². The Morgan fingerprint density at radius 1 is 0.973 bits per heavy atom. The minimum Gasteiger partial charge on any atom is -0.321 e. The van der Waals surface area contributed by atoms with Gasteiger partial charge in [-0.15, -0.1) is 0 Å². The van der Waals surface area contributed by atoms with Crippen LogP contribution in [0.1, 0.15) is 42.5 Å². The summed E-state index contributed by atoms with van der Waals surface area (Å²) >= 11 is 0. The van der Waals surface area contributed by atoms with E-state index in [2.05, 4.69) is 21.0 Å². The van der Waals surface area contributed by atoms with Crippen LogP contribution in [-0.2, 0) is 4.79 Å². The number of benzene rings is 3. The van der Waals surface area contributed by atoms with Crippen LogP contribution in [0.2, 0.25) is 0 Å². The molecule has 3 heterocycles. The summed E-state index contributed by atoms with van der Waals surface area (Å²) in [6.07, 6.45) is 4.03. The fraction of sp³-hybridized carbons (Fsp3) is 0.167. The fourth-order valence-electron chi connectivity index (χ4n) is 5.09. The third-order valence-corrected chi connectivity index (χ3v) is 6.87. The van der Waals surface area contributed by atoms with E-state index in [1.54, 1.807) is 12.4 Å². The third kappa shape index (κ3) is 3.98. The summed E-state index contributed by atoms with van der Waals surface area (Å²) in [7, 11) is 0. The average molecular weight is 488 g/mol. The van der Waals surface area contributed by atoms with E-state index < -0.39 is 0 Å². The van der Waals surface area contributed by atoms with Crippen molar-refractivity contribution >= 4 is 33.6 Å². The van der Waals surface area contributed by atoms with Crippen LogP contribution < -0.4 is 5.56 Å². The molecule has 6 rings (SSSR count). The summed E-state index contributed by atoms with van der Waals surface area (Å²) in [5.74, 6) is -0.103. The van der Waals surface area contributed by atoms with Gasteiger partial charge < -0.3 is 4.98 Å². The summed E-state index contributed by atoms with van der Waals surface area (Å²) < 4.78 is 0. The molecule has 1 aliphatic rings. The number of hydrogen-bond donors (Lipinski definition) is 1. The number of pyridine rings is 1. The topological polar surface area (TPSA) is 91.3 Å². The number of aryl methyl sites for hydroxylation is 1. The quantitative estimate of drug-likeness (QED) is 0.361. The maximum absolute atomic E-state index is 13.6. The van der Waals surface area contributed by atoms with E-state index in [9.17, 15) is 9.59 Å². The number of carbonyl (C=O) groups excluding carboxylic acids is 1. The Hall–Kier alpha value is -4.65. The van der Waals surface area contributed by atoms with Crippen molar-refractivity contribution in [2.75, 3.05) is 0 Å². The van der Waals surface area contributed by atoms with Crippen molar-refractivity contribution in [2.45, 2.75) is 32.7 Å². The second kappa shape index (κ2) is 9.09. The highest BCUT2D eigenvalue weighted by Crippen LogP contribution is 2.37.